The van der Waals surface area contributed by atoms with Crippen LogP contribution in [0.1, 0.15) is 61.1 Å². The molecule has 2 aromatic carbocycles. The molecule has 0 radical (unpaired) electrons. The van der Waals surface area contributed by atoms with Gasteiger partial charge in [0.05, 0.1) is 12.5 Å². The molecule has 6 heteroatoms. The van der Waals surface area contributed by atoms with Crippen molar-refractivity contribution in [2.24, 2.45) is 5.92 Å². The maximum Gasteiger partial charge on any atom is 0.306 e. The summed E-state index contributed by atoms with van der Waals surface area (Å²) in [5.74, 6) is -1.18. The van der Waals surface area contributed by atoms with Gasteiger partial charge in [-0.3, -0.25) is 14.4 Å². The van der Waals surface area contributed by atoms with Crippen molar-refractivity contribution in [3.8, 4) is 0 Å². The summed E-state index contributed by atoms with van der Waals surface area (Å²) in [6, 6.07) is 13.0. The maximum atomic E-state index is 12.9. The topological polar surface area (TPSA) is 72.5 Å². The van der Waals surface area contributed by atoms with Crippen molar-refractivity contribution in [3.63, 3.8) is 0 Å². The van der Waals surface area contributed by atoms with E-state index in [2.05, 4.69) is 31.3 Å². The summed E-state index contributed by atoms with van der Waals surface area (Å²) >= 11 is 0. The molecular formula is C24H28FNO4. The molecule has 2 aromatic rings. The first-order valence-electron chi connectivity index (χ1n) is 10.1. The second-order valence-corrected chi connectivity index (χ2v) is 7.72. The average Bonchev–Trinajstić information content (AvgIpc) is 2.71. The van der Waals surface area contributed by atoms with Crippen LogP contribution in [0, 0.1) is 11.7 Å². The Bertz CT molecular complexity index is 860. The van der Waals surface area contributed by atoms with Gasteiger partial charge in [0.25, 0.3) is 5.91 Å². The SMILES string of the molecule is CC(C)Cc1ccc([C@H](C)NC(=O)COC(=O)CCC(=O)c2ccc(F)cc2)cc1. The molecule has 0 aliphatic rings. The largest absolute Gasteiger partial charge is 0.456 e. The Hall–Kier alpha value is -3.02. The summed E-state index contributed by atoms with van der Waals surface area (Å²) < 4.78 is 17.8. The predicted octanol–water partition coefficient (Wildman–Crippen LogP) is 4.41. The molecule has 0 saturated carbocycles. The van der Waals surface area contributed by atoms with Crippen molar-refractivity contribution in [2.45, 2.75) is 46.1 Å². The quantitative estimate of drug-likeness (QED) is 0.463. The highest BCUT2D eigenvalue weighted by Crippen LogP contribution is 2.15. The zero-order valence-electron chi connectivity index (χ0n) is 17.6. The van der Waals surface area contributed by atoms with Gasteiger partial charge in [0, 0.05) is 12.0 Å². The van der Waals surface area contributed by atoms with E-state index in [4.69, 9.17) is 4.74 Å². The van der Waals surface area contributed by atoms with Crippen LogP contribution in [0.4, 0.5) is 4.39 Å². The van der Waals surface area contributed by atoms with Gasteiger partial charge in [0.1, 0.15) is 5.82 Å². The van der Waals surface area contributed by atoms with E-state index in [0.29, 0.717) is 11.5 Å². The lowest BCUT2D eigenvalue weighted by Gasteiger charge is -2.15. The van der Waals surface area contributed by atoms with Gasteiger partial charge in [-0.2, -0.15) is 0 Å². The normalized spacial score (nSPS) is 11.8. The number of ketones is 1. The molecule has 5 nitrogen and oxygen atoms in total. The number of hydrogen-bond donors (Lipinski definition) is 1. The molecular weight excluding hydrogens is 385 g/mol. The van der Waals surface area contributed by atoms with Gasteiger partial charge >= 0.3 is 5.97 Å². The van der Waals surface area contributed by atoms with E-state index in [-0.39, 0.29) is 24.7 Å². The van der Waals surface area contributed by atoms with Crippen molar-refractivity contribution >= 4 is 17.7 Å². The molecule has 0 aromatic heterocycles. The summed E-state index contributed by atoms with van der Waals surface area (Å²) in [6.07, 6.45) is 0.794. The molecule has 0 bridgehead atoms. The fourth-order valence-corrected chi connectivity index (χ4v) is 2.99. The number of carbonyl (C=O) groups is 3. The number of amides is 1. The van der Waals surface area contributed by atoms with E-state index < -0.39 is 24.3 Å². The van der Waals surface area contributed by atoms with Crippen molar-refractivity contribution < 1.29 is 23.5 Å². The monoisotopic (exact) mass is 413 g/mol. The lowest BCUT2D eigenvalue weighted by Crippen LogP contribution is -2.31. The minimum Gasteiger partial charge on any atom is -0.456 e. The smallest absolute Gasteiger partial charge is 0.306 e. The Kier molecular flexibility index (Phi) is 8.71. The molecule has 0 unspecified atom stereocenters. The standard InChI is InChI=1S/C24H28FNO4/c1-16(2)14-18-4-6-19(7-5-18)17(3)26-23(28)15-30-24(29)13-12-22(27)20-8-10-21(25)11-9-20/h4-11,16-17H,12-15H2,1-3H3,(H,26,28)/t17-/m0/s1. The second kappa shape index (κ2) is 11.2. The Balaban J connectivity index is 1.72. The highest BCUT2D eigenvalue weighted by Gasteiger charge is 2.14. The van der Waals surface area contributed by atoms with Crippen LogP contribution < -0.4 is 5.32 Å². The summed E-state index contributed by atoms with van der Waals surface area (Å²) in [5, 5.41) is 2.79. The van der Waals surface area contributed by atoms with Crippen LogP contribution in [0.25, 0.3) is 0 Å². The van der Waals surface area contributed by atoms with Gasteiger partial charge < -0.3 is 10.1 Å². The molecule has 1 N–H and O–H groups in total. The molecule has 0 fully saturated rings. The molecule has 2 rings (SSSR count). The third-order valence-electron chi connectivity index (χ3n) is 4.59. The molecule has 0 saturated heterocycles. The molecule has 0 aliphatic carbocycles. The Morgan fingerprint density at radius 1 is 0.933 bits per heavy atom. The fourth-order valence-electron chi connectivity index (χ4n) is 2.99. The average molecular weight is 413 g/mol. The number of Topliss-reactive ketones (excluding diaryl/α,β-unsaturated/α-hetero) is 1. The number of ether oxygens (including phenoxy) is 1. The number of esters is 1. The number of nitrogens with one attached hydrogen (secondary N) is 1. The molecule has 0 heterocycles. The summed E-state index contributed by atoms with van der Waals surface area (Å²) in [5.41, 5.74) is 2.54. The summed E-state index contributed by atoms with van der Waals surface area (Å²) in [6.45, 7) is 5.78. The van der Waals surface area contributed by atoms with Gasteiger partial charge in [0.15, 0.2) is 12.4 Å². The zero-order valence-corrected chi connectivity index (χ0v) is 17.6. The highest BCUT2D eigenvalue weighted by atomic mass is 19.1. The highest BCUT2D eigenvalue weighted by molar-refractivity contribution is 5.97. The van der Waals surface area contributed by atoms with Crippen LogP contribution >= 0.6 is 0 Å². The van der Waals surface area contributed by atoms with E-state index in [9.17, 15) is 18.8 Å². The van der Waals surface area contributed by atoms with Gasteiger partial charge in [-0.05, 0) is 54.7 Å². The third kappa shape index (κ3) is 7.78. The second-order valence-electron chi connectivity index (χ2n) is 7.72. The number of carbonyl (C=O) groups excluding carboxylic acids is 3. The predicted molar refractivity (Wildman–Crippen MR) is 112 cm³/mol. The van der Waals surface area contributed by atoms with E-state index in [1.165, 1.54) is 29.8 Å². The van der Waals surface area contributed by atoms with Crippen molar-refractivity contribution in [1.29, 1.82) is 0 Å². The first kappa shape index (κ1) is 23.3. The van der Waals surface area contributed by atoms with Gasteiger partial charge in [-0.25, -0.2) is 4.39 Å². The van der Waals surface area contributed by atoms with E-state index in [1.807, 2.05) is 19.1 Å². The first-order valence-corrected chi connectivity index (χ1v) is 10.1. The van der Waals surface area contributed by atoms with Gasteiger partial charge in [-0.15, -0.1) is 0 Å². The van der Waals surface area contributed by atoms with Crippen LogP contribution in [0.15, 0.2) is 48.5 Å². The fraction of sp³-hybridized carbons (Fsp3) is 0.375. The Morgan fingerprint density at radius 3 is 2.17 bits per heavy atom. The summed E-state index contributed by atoms with van der Waals surface area (Å²) in [4.78, 5) is 35.8. The molecule has 1 amide bonds. The van der Waals surface area contributed by atoms with Gasteiger partial charge in [-0.1, -0.05) is 38.1 Å². The molecule has 160 valence electrons. The number of halogens is 1. The Morgan fingerprint density at radius 2 is 1.57 bits per heavy atom. The van der Waals surface area contributed by atoms with E-state index in [0.717, 1.165) is 12.0 Å². The van der Waals surface area contributed by atoms with Crippen molar-refractivity contribution in [1.82, 2.24) is 5.32 Å². The lowest BCUT2D eigenvalue weighted by atomic mass is 10.00. The molecule has 0 aliphatic heterocycles. The third-order valence-corrected chi connectivity index (χ3v) is 4.59. The number of hydrogen-bond acceptors (Lipinski definition) is 4. The Labute approximate surface area is 176 Å². The van der Waals surface area contributed by atoms with Crippen molar-refractivity contribution in [2.75, 3.05) is 6.61 Å². The van der Waals surface area contributed by atoms with Crippen LogP contribution in [-0.2, 0) is 20.7 Å². The van der Waals surface area contributed by atoms with E-state index in [1.54, 1.807) is 0 Å². The first-order chi connectivity index (χ1) is 14.2. The van der Waals surface area contributed by atoms with Crippen LogP contribution in [0.2, 0.25) is 0 Å². The molecule has 30 heavy (non-hydrogen) atoms. The number of rotatable bonds is 10. The van der Waals surface area contributed by atoms with Crippen molar-refractivity contribution in [3.05, 3.63) is 71.0 Å². The van der Waals surface area contributed by atoms with Crippen LogP contribution in [0.3, 0.4) is 0 Å². The molecule has 1 atom stereocenters. The lowest BCUT2D eigenvalue weighted by molar-refractivity contribution is -0.148. The minimum atomic E-state index is -0.633. The van der Waals surface area contributed by atoms with E-state index >= 15 is 0 Å². The number of benzene rings is 2. The van der Waals surface area contributed by atoms with Crippen LogP contribution in [0.5, 0.6) is 0 Å². The molecule has 0 spiro atoms. The zero-order chi connectivity index (χ0) is 22.1. The minimum absolute atomic E-state index is 0.0643. The summed E-state index contributed by atoms with van der Waals surface area (Å²) in [7, 11) is 0. The van der Waals surface area contributed by atoms with Crippen LogP contribution in [-0.4, -0.2) is 24.3 Å². The maximum absolute atomic E-state index is 12.9. The van der Waals surface area contributed by atoms with Gasteiger partial charge in [0.2, 0.25) is 0 Å².